The smallest absolute Gasteiger partial charge is 0.310 e. The van der Waals surface area contributed by atoms with E-state index < -0.39 is 35.9 Å². The molecule has 6 nitrogen and oxygen atoms in total. The summed E-state index contributed by atoms with van der Waals surface area (Å²) in [5.74, 6) is -2.69. The second-order valence-electron chi connectivity index (χ2n) is 5.17. The van der Waals surface area contributed by atoms with Crippen molar-refractivity contribution in [3.63, 3.8) is 0 Å². The first kappa shape index (κ1) is 14.9. The molecule has 1 fully saturated rings. The molecule has 1 aromatic rings. The summed E-state index contributed by atoms with van der Waals surface area (Å²) in [6.07, 6.45) is 2.34. The Kier molecular flexibility index (Phi) is 3.80. The number of aliphatic carboxylic acids is 1. The van der Waals surface area contributed by atoms with E-state index in [1.165, 1.54) is 7.11 Å². The van der Waals surface area contributed by atoms with Gasteiger partial charge < -0.3 is 19.9 Å². The fourth-order valence-corrected chi connectivity index (χ4v) is 3.08. The highest BCUT2D eigenvalue weighted by Crippen LogP contribution is 2.40. The predicted octanol–water partition coefficient (Wildman–Crippen LogP) is 1.94. The van der Waals surface area contributed by atoms with Crippen LogP contribution in [0.4, 0.5) is 5.69 Å². The molecule has 0 radical (unpaired) electrons. The molecule has 0 saturated carbocycles. The van der Waals surface area contributed by atoms with Crippen molar-refractivity contribution in [3.8, 4) is 5.75 Å². The maximum atomic E-state index is 12.5. The van der Waals surface area contributed by atoms with Gasteiger partial charge in [-0.15, -0.1) is 0 Å². The van der Waals surface area contributed by atoms with Gasteiger partial charge in [0, 0.05) is 5.02 Å². The van der Waals surface area contributed by atoms with Gasteiger partial charge in [0.1, 0.15) is 11.7 Å². The molecule has 22 heavy (non-hydrogen) atoms. The Morgan fingerprint density at radius 1 is 1.27 bits per heavy atom. The lowest BCUT2D eigenvalue weighted by Gasteiger charge is -2.21. The normalized spacial score (nSPS) is 28.6. The highest BCUT2D eigenvalue weighted by molar-refractivity contribution is 6.31. The van der Waals surface area contributed by atoms with Gasteiger partial charge in [-0.1, -0.05) is 23.8 Å². The molecular weight excluding hydrogens is 310 g/mol. The Morgan fingerprint density at radius 2 is 1.95 bits per heavy atom. The van der Waals surface area contributed by atoms with Crippen LogP contribution in [0.25, 0.3) is 0 Å². The average Bonchev–Trinajstić information content (AvgIpc) is 3.08. The molecule has 3 rings (SSSR count). The van der Waals surface area contributed by atoms with Crippen molar-refractivity contribution >= 4 is 29.2 Å². The van der Waals surface area contributed by atoms with Crippen LogP contribution >= 0.6 is 11.6 Å². The van der Waals surface area contributed by atoms with E-state index in [4.69, 9.17) is 21.1 Å². The minimum Gasteiger partial charge on any atom is -0.495 e. The number of nitrogens with one attached hydrogen (secondary N) is 1. The number of rotatable bonds is 4. The minimum atomic E-state index is -1.05. The molecule has 116 valence electrons. The molecule has 2 bridgehead atoms. The zero-order chi connectivity index (χ0) is 15.9. The van der Waals surface area contributed by atoms with Crippen LogP contribution in [0, 0.1) is 11.8 Å². The standard InChI is InChI=1S/C15H14ClNO5/c1-21-9-3-2-7(16)6-8(9)17-14(18)12-10-4-5-11(22-10)13(12)15(19)20/h2-6,10-13H,1H3,(H,17,18)(H,19,20)/t10-,11-,12-,13-/m0/s1. The van der Waals surface area contributed by atoms with E-state index in [-0.39, 0.29) is 0 Å². The first-order chi connectivity index (χ1) is 10.5. The van der Waals surface area contributed by atoms with Gasteiger partial charge in [-0.2, -0.15) is 0 Å². The van der Waals surface area contributed by atoms with Gasteiger partial charge in [0.2, 0.25) is 5.91 Å². The molecule has 1 aromatic carbocycles. The third-order valence-electron chi connectivity index (χ3n) is 3.91. The minimum absolute atomic E-state index is 0.399. The zero-order valence-electron chi connectivity index (χ0n) is 11.7. The number of carboxylic acids is 1. The van der Waals surface area contributed by atoms with Crippen LogP contribution in [0.3, 0.4) is 0 Å². The summed E-state index contributed by atoms with van der Waals surface area (Å²) in [6.45, 7) is 0. The van der Waals surface area contributed by atoms with E-state index in [2.05, 4.69) is 5.32 Å². The van der Waals surface area contributed by atoms with Crippen LogP contribution in [-0.2, 0) is 14.3 Å². The van der Waals surface area contributed by atoms with Crippen molar-refractivity contribution in [1.29, 1.82) is 0 Å². The van der Waals surface area contributed by atoms with Crippen LogP contribution < -0.4 is 10.1 Å². The number of ether oxygens (including phenoxy) is 2. The quantitative estimate of drug-likeness (QED) is 0.827. The van der Waals surface area contributed by atoms with Gasteiger partial charge in [-0.25, -0.2) is 0 Å². The monoisotopic (exact) mass is 323 g/mol. The van der Waals surface area contributed by atoms with E-state index in [0.29, 0.717) is 16.5 Å². The Hall–Kier alpha value is -2.05. The van der Waals surface area contributed by atoms with Crippen molar-refractivity contribution < 1.29 is 24.2 Å². The summed E-state index contributed by atoms with van der Waals surface area (Å²) < 4.78 is 10.7. The second-order valence-corrected chi connectivity index (χ2v) is 5.61. The Morgan fingerprint density at radius 3 is 2.59 bits per heavy atom. The highest BCUT2D eigenvalue weighted by Gasteiger charge is 2.53. The summed E-state index contributed by atoms with van der Waals surface area (Å²) in [6, 6.07) is 4.82. The van der Waals surface area contributed by atoms with Gasteiger partial charge in [0.05, 0.1) is 30.9 Å². The van der Waals surface area contributed by atoms with Crippen molar-refractivity contribution in [2.45, 2.75) is 12.2 Å². The number of amides is 1. The van der Waals surface area contributed by atoms with Crippen molar-refractivity contribution in [1.82, 2.24) is 0 Å². The summed E-state index contributed by atoms with van der Waals surface area (Å²) in [5.41, 5.74) is 0.399. The topological polar surface area (TPSA) is 84.9 Å². The fraction of sp³-hybridized carbons (Fsp3) is 0.333. The van der Waals surface area contributed by atoms with Crippen LogP contribution in [-0.4, -0.2) is 36.3 Å². The van der Waals surface area contributed by atoms with E-state index in [1.807, 2.05) is 0 Å². The number of halogens is 1. The van der Waals surface area contributed by atoms with Crippen LogP contribution in [0.5, 0.6) is 5.75 Å². The third-order valence-corrected chi connectivity index (χ3v) is 4.14. The number of hydrogen-bond donors (Lipinski definition) is 2. The number of fused-ring (bicyclic) bond motifs is 2. The van der Waals surface area contributed by atoms with Gasteiger partial charge in [-0.05, 0) is 18.2 Å². The maximum Gasteiger partial charge on any atom is 0.310 e. The Labute approximate surface area is 131 Å². The summed E-state index contributed by atoms with van der Waals surface area (Å²) >= 11 is 5.92. The van der Waals surface area contributed by atoms with Crippen LogP contribution in [0.1, 0.15) is 0 Å². The summed E-state index contributed by atoms with van der Waals surface area (Å²) in [5, 5.41) is 12.5. The number of hydrogen-bond acceptors (Lipinski definition) is 4. The largest absolute Gasteiger partial charge is 0.495 e. The summed E-state index contributed by atoms with van der Waals surface area (Å²) in [7, 11) is 1.47. The molecular formula is C15H14ClNO5. The number of carbonyl (C=O) groups excluding carboxylic acids is 1. The highest BCUT2D eigenvalue weighted by atomic mass is 35.5. The molecule has 0 aliphatic carbocycles. The molecule has 7 heteroatoms. The molecule has 2 heterocycles. The maximum absolute atomic E-state index is 12.5. The molecule has 0 spiro atoms. The second kappa shape index (κ2) is 5.62. The fourth-order valence-electron chi connectivity index (χ4n) is 2.91. The number of benzene rings is 1. The van der Waals surface area contributed by atoms with Gasteiger partial charge >= 0.3 is 5.97 Å². The van der Waals surface area contributed by atoms with Crippen molar-refractivity contribution in [3.05, 3.63) is 35.4 Å². The molecule has 4 atom stereocenters. The van der Waals surface area contributed by atoms with E-state index >= 15 is 0 Å². The van der Waals surface area contributed by atoms with Gasteiger partial charge in [0.15, 0.2) is 0 Å². The molecule has 2 N–H and O–H groups in total. The molecule has 2 aliphatic heterocycles. The molecule has 1 amide bonds. The number of carbonyl (C=O) groups is 2. The van der Waals surface area contributed by atoms with Crippen molar-refractivity contribution in [2.75, 3.05) is 12.4 Å². The van der Waals surface area contributed by atoms with Gasteiger partial charge in [-0.3, -0.25) is 9.59 Å². The number of carboxylic acid groups (broad SMARTS) is 1. The first-order valence-electron chi connectivity index (χ1n) is 6.72. The van der Waals surface area contributed by atoms with Gasteiger partial charge in [0.25, 0.3) is 0 Å². The van der Waals surface area contributed by atoms with E-state index in [9.17, 15) is 14.7 Å². The lowest BCUT2D eigenvalue weighted by atomic mass is 9.82. The Bertz CT molecular complexity index is 659. The third kappa shape index (κ3) is 2.44. The zero-order valence-corrected chi connectivity index (χ0v) is 12.4. The van der Waals surface area contributed by atoms with Crippen molar-refractivity contribution in [2.24, 2.45) is 11.8 Å². The summed E-state index contributed by atoms with van der Waals surface area (Å²) in [4.78, 5) is 23.9. The molecule has 2 aliphatic rings. The first-order valence-corrected chi connectivity index (χ1v) is 7.10. The van der Waals surface area contributed by atoms with E-state index in [1.54, 1.807) is 30.4 Å². The number of methoxy groups -OCH3 is 1. The predicted molar refractivity (Wildman–Crippen MR) is 79.1 cm³/mol. The molecule has 0 unspecified atom stereocenters. The lowest BCUT2D eigenvalue weighted by molar-refractivity contribution is -0.145. The average molecular weight is 324 g/mol. The van der Waals surface area contributed by atoms with E-state index in [0.717, 1.165) is 0 Å². The van der Waals surface area contributed by atoms with Crippen LogP contribution in [0.2, 0.25) is 5.02 Å². The molecule has 1 saturated heterocycles. The van der Waals surface area contributed by atoms with Crippen LogP contribution in [0.15, 0.2) is 30.4 Å². The SMILES string of the molecule is COc1ccc(Cl)cc1NC(=O)[C@@H]1[C@@H](C(=O)O)[C@@H]2C=C[C@@H]1O2. The Balaban J connectivity index is 1.84. The lowest BCUT2D eigenvalue weighted by Crippen LogP contribution is -2.39. The molecule has 0 aromatic heterocycles. The number of anilines is 1.